The third kappa shape index (κ3) is 3.57. The molecule has 0 saturated carbocycles. The van der Waals surface area contributed by atoms with Crippen LogP contribution < -0.4 is 0 Å². The maximum Gasteiger partial charge on any atom is 0.266 e. The topological polar surface area (TPSA) is 62.6 Å². The number of halogens is 1. The summed E-state index contributed by atoms with van der Waals surface area (Å²) in [5.74, 6) is -0.0649. The summed E-state index contributed by atoms with van der Waals surface area (Å²) >= 11 is 8.31. The van der Waals surface area contributed by atoms with Crippen molar-refractivity contribution >= 4 is 50.2 Å². The molecule has 0 aliphatic carbocycles. The fraction of sp³-hybridized carbons (Fsp3) is 0.235. The van der Waals surface area contributed by atoms with E-state index in [9.17, 15) is 13.2 Å². The highest BCUT2D eigenvalue weighted by atomic mass is 35.5. The third-order valence-corrected chi connectivity index (χ3v) is 8.88. The quantitative estimate of drug-likeness (QED) is 0.623. The Morgan fingerprint density at radius 2 is 1.74 bits per heavy atom. The molecule has 10 heteroatoms. The number of carbonyl (C=O) groups is 1. The van der Waals surface area contributed by atoms with E-state index in [0.29, 0.717) is 22.3 Å². The smallest absolute Gasteiger partial charge is 0.266 e. The van der Waals surface area contributed by atoms with Gasteiger partial charge in [-0.2, -0.15) is 4.31 Å². The van der Waals surface area contributed by atoms with Crippen molar-refractivity contribution in [2.45, 2.75) is 4.21 Å². The Morgan fingerprint density at radius 3 is 2.37 bits per heavy atom. The first-order chi connectivity index (χ1) is 13.0. The Kier molecular flexibility index (Phi) is 5.13. The van der Waals surface area contributed by atoms with Crippen molar-refractivity contribution in [3.05, 3.63) is 57.3 Å². The summed E-state index contributed by atoms with van der Waals surface area (Å²) in [6, 6.07) is 8.84. The van der Waals surface area contributed by atoms with Crippen LogP contribution in [0.15, 0.2) is 52.3 Å². The van der Waals surface area contributed by atoms with Gasteiger partial charge in [0.25, 0.3) is 15.9 Å². The van der Waals surface area contributed by atoms with Gasteiger partial charge in [-0.3, -0.25) is 4.79 Å². The summed E-state index contributed by atoms with van der Waals surface area (Å²) in [5, 5.41) is 1.89. The van der Waals surface area contributed by atoms with Gasteiger partial charge in [0.05, 0.1) is 10.0 Å². The lowest BCUT2D eigenvalue weighted by Gasteiger charge is -2.33. The monoisotopic (exact) mass is 441 g/mol. The molecule has 1 aliphatic rings. The normalized spacial score (nSPS) is 16.0. The van der Waals surface area contributed by atoms with Crippen LogP contribution in [0.25, 0.3) is 5.69 Å². The van der Waals surface area contributed by atoms with Crippen LogP contribution in [0.4, 0.5) is 0 Å². The van der Waals surface area contributed by atoms with E-state index < -0.39 is 10.0 Å². The highest BCUT2D eigenvalue weighted by Crippen LogP contribution is 2.29. The number of piperazine rings is 1. The predicted molar refractivity (Wildman–Crippen MR) is 108 cm³/mol. The molecule has 0 unspecified atom stereocenters. The molecule has 1 aliphatic heterocycles. The fourth-order valence-corrected chi connectivity index (χ4v) is 6.92. The first kappa shape index (κ1) is 18.7. The summed E-state index contributed by atoms with van der Waals surface area (Å²) in [4.78, 5) is 15.3. The van der Waals surface area contributed by atoms with E-state index in [0.717, 1.165) is 17.0 Å². The van der Waals surface area contributed by atoms with Gasteiger partial charge in [0.15, 0.2) is 0 Å². The summed E-state index contributed by atoms with van der Waals surface area (Å²) in [6.07, 6.45) is 3.80. The van der Waals surface area contributed by atoms with Crippen molar-refractivity contribution in [1.82, 2.24) is 13.8 Å². The van der Waals surface area contributed by atoms with Gasteiger partial charge in [0, 0.05) is 38.6 Å². The molecule has 0 aromatic carbocycles. The van der Waals surface area contributed by atoms with Gasteiger partial charge in [-0.05, 0) is 35.7 Å². The van der Waals surface area contributed by atoms with Gasteiger partial charge in [-0.1, -0.05) is 11.6 Å². The molecule has 0 bridgehead atoms. The SMILES string of the molecule is O=C(c1sccc1-n1cccc1)N1CCN(S(=O)(=O)c2ccc(Cl)s2)CC1. The number of carbonyl (C=O) groups excluding carboxylic acids is 1. The number of thiophene rings is 2. The maximum atomic E-state index is 12.9. The summed E-state index contributed by atoms with van der Waals surface area (Å²) < 4.78 is 29.4. The second-order valence-electron chi connectivity index (χ2n) is 5.98. The Labute approximate surface area is 170 Å². The molecule has 0 atom stereocenters. The molecule has 27 heavy (non-hydrogen) atoms. The minimum absolute atomic E-state index is 0.0649. The van der Waals surface area contributed by atoms with Crippen molar-refractivity contribution in [3.63, 3.8) is 0 Å². The van der Waals surface area contributed by atoms with Crippen molar-refractivity contribution in [3.8, 4) is 5.69 Å². The van der Waals surface area contributed by atoms with E-state index in [2.05, 4.69) is 0 Å². The number of aromatic nitrogens is 1. The van der Waals surface area contributed by atoms with Crippen LogP contribution in [0.3, 0.4) is 0 Å². The molecule has 4 heterocycles. The van der Waals surface area contributed by atoms with Crippen LogP contribution >= 0.6 is 34.3 Å². The van der Waals surface area contributed by atoms with Crippen LogP contribution in [0.5, 0.6) is 0 Å². The molecule has 3 aromatic rings. The Bertz CT molecular complexity index is 1050. The predicted octanol–water partition coefficient (Wildman–Crippen LogP) is 3.40. The maximum absolute atomic E-state index is 12.9. The summed E-state index contributed by atoms with van der Waals surface area (Å²) in [6.45, 7) is 1.27. The van der Waals surface area contributed by atoms with E-state index in [1.807, 2.05) is 40.5 Å². The van der Waals surface area contributed by atoms with E-state index >= 15 is 0 Å². The molecular weight excluding hydrogens is 426 g/mol. The summed E-state index contributed by atoms with van der Waals surface area (Å²) in [5.41, 5.74) is 0.846. The van der Waals surface area contributed by atoms with Crippen LogP contribution in [0.1, 0.15) is 9.67 Å². The Balaban J connectivity index is 1.47. The molecule has 1 amide bonds. The Hall–Kier alpha value is -1.65. The average Bonchev–Trinajstić information content (AvgIpc) is 3.41. The Morgan fingerprint density at radius 1 is 1.04 bits per heavy atom. The molecule has 0 N–H and O–H groups in total. The molecule has 4 rings (SSSR count). The number of amides is 1. The van der Waals surface area contributed by atoms with Crippen molar-refractivity contribution < 1.29 is 13.2 Å². The van der Waals surface area contributed by atoms with E-state index in [-0.39, 0.29) is 23.2 Å². The van der Waals surface area contributed by atoms with E-state index in [1.165, 1.54) is 21.7 Å². The van der Waals surface area contributed by atoms with Crippen molar-refractivity contribution in [2.75, 3.05) is 26.2 Å². The summed E-state index contributed by atoms with van der Waals surface area (Å²) in [7, 11) is -3.56. The standard InChI is InChI=1S/C17H16ClN3O3S3/c18-14-3-4-15(26-14)27(23,24)21-10-8-20(9-11-21)17(22)16-13(5-12-25-16)19-6-1-2-7-19/h1-7,12H,8-11H2. The minimum atomic E-state index is -3.56. The lowest BCUT2D eigenvalue weighted by molar-refractivity contribution is 0.0703. The second-order valence-corrected chi connectivity index (χ2v) is 10.8. The van der Waals surface area contributed by atoms with Crippen molar-refractivity contribution in [1.29, 1.82) is 0 Å². The van der Waals surface area contributed by atoms with Gasteiger partial charge < -0.3 is 9.47 Å². The van der Waals surface area contributed by atoms with Crippen molar-refractivity contribution in [2.24, 2.45) is 0 Å². The average molecular weight is 442 g/mol. The van der Waals surface area contributed by atoms with E-state index in [1.54, 1.807) is 11.0 Å². The van der Waals surface area contributed by atoms with Crippen LogP contribution in [0.2, 0.25) is 4.34 Å². The highest BCUT2D eigenvalue weighted by molar-refractivity contribution is 7.91. The lowest BCUT2D eigenvalue weighted by Crippen LogP contribution is -2.50. The number of sulfonamides is 1. The molecule has 1 fully saturated rings. The molecule has 3 aromatic heterocycles. The molecular formula is C17H16ClN3O3S3. The molecule has 142 valence electrons. The zero-order valence-corrected chi connectivity index (χ0v) is 17.3. The lowest BCUT2D eigenvalue weighted by atomic mass is 10.3. The van der Waals surface area contributed by atoms with Gasteiger partial charge in [0.1, 0.15) is 9.09 Å². The number of nitrogens with zero attached hydrogens (tertiary/aromatic N) is 3. The number of hydrogen-bond donors (Lipinski definition) is 0. The molecule has 0 radical (unpaired) electrons. The van der Waals surface area contributed by atoms with Crippen LogP contribution in [-0.2, 0) is 10.0 Å². The van der Waals surface area contributed by atoms with Gasteiger partial charge >= 0.3 is 0 Å². The number of rotatable bonds is 4. The molecule has 1 saturated heterocycles. The zero-order chi connectivity index (χ0) is 19.0. The van der Waals surface area contributed by atoms with Crippen LogP contribution in [0, 0.1) is 0 Å². The third-order valence-electron chi connectivity index (χ3n) is 4.39. The van der Waals surface area contributed by atoms with Crippen LogP contribution in [-0.4, -0.2) is 54.3 Å². The molecule has 0 spiro atoms. The first-order valence-electron chi connectivity index (χ1n) is 8.22. The minimum Gasteiger partial charge on any atom is -0.335 e. The van der Waals surface area contributed by atoms with E-state index in [4.69, 9.17) is 11.6 Å². The van der Waals surface area contributed by atoms with Gasteiger partial charge in [-0.15, -0.1) is 22.7 Å². The fourth-order valence-electron chi connectivity index (χ4n) is 3.00. The van der Waals surface area contributed by atoms with Gasteiger partial charge in [-0.25, -0.2) is 8.42 Å². The second kappa shape index (κ2) is 7.40. The zero-order valence-electron chi connectivity index (χ0n) is 14.1. The van der Waals surface area contributed by atoms with Gasteiger partial charge in [0.2, 0.25) is 0 Å². The molecule has 6 nitrogen and oxygen atoms in total. The largest absolute Gasteiger partial charge is 0.335 e. The highest BCUT2D eigenvalue weighted by Gasteiger charge is 2.32. The first-order valence-corrected chi connectivity index (χ1v) is 11.7. The number of hydrogen-bond acceptors (Lipinski definition) is 5.